The van der Waals surface area contributed by atoms with Crippen LogP contribution in [-0.2, 0) is 4.74 Å². The summed E-state index contributed by atoms with van der Waals surface area (Å²) >= 11 is 6.01. The number of fused-ring (bicyclic) bond motifs is 1. The number of ether oxygens (including phenoxy) is 2. The summed E-state index contributed by atoms with van der Waals surface area (Å²) in [6.45, 7) is 4.85. The highest BCUT2D eigenvalue weighted by atomic mass is 35.5. The third kappa shape index (κ3) is 2.98. The monoisotopic (exact) mass is 294 g/mol. The highest BCUT2D eigenvalue weighted by Crippen LogP contribution is 2.26. The molecule has 2 aromatic rings. The van der Waals surface area contributed by atoms with Crippen LogP contribution in [0, 0.1) is 0 Å². The van der Waals surface area contributed by atoms with E-state index in [2.05, 4.69) is 20.1 Å². The number of hydrogen-bond acceptors (Lipinski definition) is 6. The average molecular weight is 295 g/mol. The lowest BCUT2D eigenvalue weighted by Crippen LogP contribution is -2.38. The summed E-state index contributed by atoms with van der Waals surface area (Å²) in [6, 6.07) is 1.81. The second kappa shape index (κ2) is 6.30. The number of halogens is 1. The first-order valence-electron chi connectivity index (χ1n) is 6.53. The second-order valence-corrected chi connectivity index (χ2v) is 4.88. The zero-order chi connectivity index (χ0) is 13.8. The number of rotatable bonds is 4. The quantitative estimate of drug-likeness (QED) is 0.849. The van der Waals surface area contributed by atoms with Crippen molar-refractivity contribution in [3.05, 3.63) is 23.6 Å². The average Bonchev–Trinajstić information content (AvgIpc) is 2.51. The van der Waals surface area contributed by atoms with Crippen LogP contribution in [0.3, 0.4) is 0 Å². The predicted molar refractivity (Wildman–Crippen MR) is 75.1 cm³/mol. The molecule has 1 saturated heterocycles. The van der Waals surface area contributed by atoms with Gasteiger partial charge in [0.1, 0.15) is 6.61 Å². The fourth-order valence-corrected chi connectivity index (χ4v) is 2.35. The Morgan fingerprint density at radius 3 is 2.95 bits per heavy atom. The summed E-state index contributed by atoms with van der Waals surface area (Å²) in [6.07, 6.45) is 3.37. The molecule has 3 rings (SSSR count). The van der Waals surface area contributed by atoms with E-state index >= 15 is 0 Å². The van der Waals surface area contributed by atoms with E-state index in [1.54, 1.807) is 18.5 Å². The van der Waals surface area contributed by atoms with Crippen LogP contribution in [-0.4, -0.2) is 59.5 Å². The van der Waals surface area contributed by atoms with Gasteiger partial charge in [-0.05, 0) is 6.07 Å². The van der Waals surface area contributed by atoms with Crippen LogP contribution in [0.5, 0.6) is 5.88 Å². The molecule has 0 radical (unpaired) electrons. The molecule has 0 bridgehead atoms. The minimum Gasteiger partial charge on any atom is -0.475 e. The van der Waals surface area contributed by atoms with Gasteiger partial charge >= 0.3 is 0 Å². The Bertz CT molecular complexity index is 590. The van der Waals surface area contributed by atoms with Crippen molar-refractivity contribution in [3.63, 3.8) is 0 Å². The van der Waals surface area contributed by atoms with Gasteiger partial charge in [0.05, 0.1) is 18.6 Å². The second-order valence-electron chi connectivity index (χ2n) is 4.52. The van der Waals surface area contributed by atoms with Crippen molar-refractivity contribution in [2.75, 3.05) is 39.5 Å². The lowest BCUT2D eigenvalue weighted by Gasteiger charge is -2.26. The van der Waals surface area contributed by atoms with Gasteiger partial charge in [-0.3, -0.25) is 9.88 Å². The molecule has 20 heavy (non-hydrogen) atoms. The lowest BCUT2D eigenvalue weighted by atomic mass is 10.2. The first kappa shape index (κ1) is 13.5. The molecule has 0 spiro atoms. The summed E-state index contributed by atoms with van der Waals surface area (Å²) in [5.74, 6) is 0.478. The van der Waals surface area contributed by atoms with Crippen molar-refractivity contribution < 1.29 is 9.47 Å². The van der Waals surface area contributed by atoms with E-state index in [0.717, 1.165) is 43.6 Å². The van der Waals surface area contributed by atoms with E-state index in [0.29, 0.717) is 17.6 Å². The van der Waals surface area contributed by atoms with E-state index in [1.165, 1.54) is 0 Å². The summed E-state index contributed by atoms with van der Waals surface area (Å²) < 4.78 is 11.0. The SMILES string of the molecule is Clc1nnc(OCCN2CCOCC2)c2cnccc12. The van der Waals surface area contributed by atoms with E-state index in [9.17, 15) is 0 Å². The van der Waals surface area contributed by atoms with E-state index < -0.39 is 0 Å². The normalized spacial score (nSPS) is 16.4. The van der Waals surface area contributed by atoms with Crippen LogP contribution in [0.1, 0.15) is 0 Å². The summed E-state index contributed by atoms with van der Waals surface area (Å²) in [5.41, 5.74) is 0. The maximum atomic E-state index is 6.01. The molecular weight excluding hydrogens is 280 g/mol. The smallest absolute Gasteiger partial charge is 0.243 e. The minimum atomic E-state index is 0.364. The molecule has 0 atom stereocenters. The summed E-state index contributed by atoms with van der Waals surface area (Å²) in [4.78, 5) is 6.38. The van der Waals surface area contributed by atoms with Gasteiger partial charge in [-0.25, -0.2) is 0 Å². The summed E-state index contributed by atoms with van der Waals surface area (Å²) in [5, 5.41) is 9.86. The summed E-state index contributed by atoms with van der Waals surface area (Å²) in [7, 11) is 0. The van der Waals surface area contributed by atoms with Crippen molar-refractivity contribution in [2.45, 2.75) is 0 Å². The van der Waals surface area contributed by atoms with Crippen molar-refractivity contribution in [1.82, 2.24) is 20.1 Å². The molecule has 0 aliphatic carbocycles. The van der Waals surface area contributed by atoms with Crippen LogP contribution in [0.15, 0.2) is 18.5 Å². The van der Waals surface area contributed by atoms with Crippen LogP contribution >= 0.6 is 11.6 Å². The highest BCUT2D eigenvalue weighted by Gasteiger charge is 2.12. The van der Waals surface area contributed by atoms with Crippen LogP contribution in [0.2, 0.25) is 5.15 Å². The Labute approximate surface area is 121 Å². The molecule has 0 saturated carbocycles. The Kier molecular flexibility index (Phi) is 4.25. The molecule has 0 N–H and O–H groups in total. The van der Waals surface area contributed by atoms with Crippen molar-refractivity contribution in [2.24, 2.45) is 0 Å². The zero-order valence-electron chi connectivity index (χ0n) is 11.0. The topological polar surface area (TPSA) is 60.4 Å². The van der Waals surface area contributed by atoms with Crippen LogP contribution < -0.4 is 4.74 Å². The first-order chi connectivity index (χ1) is 9.84. The third-order valence-corrected chi connectivity index (χ3v) is 3.53. The minimum absolute atomic E-state index is 0.364. The van der Waals surface area contributed by atoms with Crippen LogP contribution in [0.4, 0.5) is 0 Å². The molecule has 7 heteroatoms. The number of hydrogen-bond donors (Lipinski definition) is 0. The molecule has 1 fully saturated rings. The van der Waals surface area contributed by atoms with Gasteiger partial charge in [-0.1, -0.05) is 11.6 Å². The van der Waals surface area contributed by atoms with Gasteiger partial charge in [0.2, 0.25) is 5.88 Å². The molecule has 2 aromatic heterocycles. The molecule has 3 heterocycles. The fourth-order valence-electron chi connectivity index (χ4n) is 2.14. The van der Waals surface area contributed by atoms with E-state index in [1.807, 2.05) is 0 Å². The van der Waals surface area contributed by atoms with E-state index in [4.69, 9.17) is 21.1 Å². The van der Waals surface area contributed by atoms with Crippen molar-refractivity contribution >= 4 is 22.4 Å². The van der Waals surface area contributed by atoms with Crippen LogP contribution in [0.25, 0.3) is 10.8 Å². The Balaban J connectivity index is 1.67. The van der Waals surface area contributed by atoms with Gasteiger partial charge in [-0.15, -0.1) is 10.2 Å². The van der Waals surface area contributed by atoms with Gasteiger partial charge in [0.15, 0.2) is 5.15 Å². The molecule has 0 aromatic carbocycles. The number of nitrogens with zero attached hydrogens (tertiary/aromatic N) is 4. The number of aromatic nitrogens is 3. The van der Waals surface area contributed by atoms with Gasteiger partial charge in [0.25, 0.3) is 0 Å². The molecular formula is C13H15ClN4O2. The van der Waals surface area contributed by atoms with Crippen molar-refractivity contribution in [1.29, 1.82) is 0 Å². The zero-order valence-corrected chi connectivity index (χ0v) is 11.7. The fraction of sp³-hybridized carbons (Fsp3) is 0.462. The molecule has 0 amide bonds. The number of morpholine rings is 1. The van der Waals surface area contributed by atoms with Gasteiger partial charge in [0, 0.05) is 37.4 Å². The predicted octanol–water partition coefficient (Wildman–Crippen LogP) is 1.39. The lowest BCUT2D eigenvalue weighted by molar-refractivity contribution is 0.0320. The largest absolute Gasteiger partial charge is 0.475 e. The maximum Gasteiger partial charge on any atom is 0.243 e. The van der Waals surface area contributed by atoms with Gasteiger partial charge in [-0.2, -0.15) is 0 Å². The van der Waals surface area contributed by atoms with E-state index in [-0.39, 0.29) is 0 Å². The van der Waals surface area contributed by atoms with Gasteiger partial charge < -0.3 is 9.47 Å². The molecule has 0 unspecified atom stereocenters. The van der Waals surface area contributed by atoms with Crippen molar-refractivity contribution in [3.8, 4) is 5.88 Å². The Morgan fingerprint density at radius 1 is 1.25 bits per heavy atom. The highest BCUT2D eigenvalue weighted by molar-refractivity contribution is 6.34. The first-order valence-corrected chi connectivity index (χ1v) is 6.91. The molecule has 1 aliphatic heterocycles. The molecule has 1 aliphatic rings. The molecule has 106 valence electrons. The maximum absolute atomic E-state index is 6.01. The Morgan fingerprint density at radius 2 is 2.10 bits per heavy atom. The molecule has 6 nitrogen and oxygen atoms in total. The Hall–Kier alpha value is -1.50. The third-order valence-electron chi connectivity index (χ3n) is 3.25. The standard InChI is InChI=1S/C13H15ClN4O2/c14-12-10-1-2-15-9-11(10)13(17-16-12)20-8-5-18-3-6-19-7-4-18/h1-2,9H,3-8H2. The number of pyridine rings is 1.